The van der Waals surface area contributed by atoms with E-state index in [2.05, 4.69) is 27.9 Å². The Bertz CT molecular complexity index is 1450. The molecule has 0 saturated heterocycles. The zero-order chi connectivity index (χ0) is 25.7. The van der Waals surface area contributed by atoms with Crippen LogP contribution >= 0.6 is 22.6 Å². The smallest absolute Gasteiger partial charge is 0.326 e. The number of urea groups is 1. The number of amides is 2. The monoisotopic (exact) mass is 617 g/mol. The lowest BCUT2D eigenvalue weighted by molar-refractivity contribution is 0.0785. The third-order valence-corrected chi connectivity index (χ3v) is 9.41. The highest BCUT2D eigenvalue weighted by Gasteiger charge is 2.32. The van der Waals surface area contributed by atoms with Crippen molar-refractivity contribution in [2.45, 2.75) is 48.2 Å². The number of hydrogen-bond acceptors (Lipinski definition) is 4. The van der Waals surface area contributed by atoms with Gasteiger partial charge in [-0.2, -0.15) is 0 Å². The predicted molar refractivity (Wildman–Crippen MR) is 150 cm³/mol. The van der Waals surface area contributed by atoms with Gasteiger partial charge in [0.25, 0.3) is 10.0 Å². The molecule has 0 atom stereocenters. The third kappa shape index (κ3) is 4.48. The molecule has 0 aliphatic carbocycles. The number of aryl methyl sites for hydroxylation is 1. The first-order valence-corrected chi connectivity index (χ1v) is 14.8. The van der Waals surface area contributed by atoms with E-state index in [1.165, 1.54) is 4.31 Å². The molecule has 36 heavy (non-hydrogen) atoms. The Balaban J connectivity index is 1.55. The maximum absolute atomic E-state index is 13.8. The normalized spacial score (nSPS) is 15.8. The summed E-state index contributed by atoms with van der Waals surface area (Å²) in [4.78, 5) is 14.9. The number of alkyl halides is 1. The quantitative estimate of drug-likeness (QED) is 0.291. The van der Waals surface area contributed by atoms with Gasteiger partial charge in [0, 0.05) is 16.7 Å². The number of nitrogens with zero attached hydrogens (tertiary/aromatic N) is 2. The summed E-state index contributed by atoms with van der Waals surface area (Å²) in [5.74, 6) is 0. The van der Waals surface area contributed by atoms with Crippen LogP contribution in [0.3, 0.4) is 0 Å². The van der Waals surface area contributed by atoms with Crippen molar-refractivity contribution in [2.75, 3.05) is 21.1 Å². The van der Waals surface area contributed by atoms with Crippen LogP contribution in [-0.4, -0.2) is 26.1 Å². The van der Waals surface area contributed by atoms with Gasteiger partial charge in [0.1, 0.15) is 0 Å². The van der Waals surface area contributed by atoms with Crippen LogP contribution < -0.4 is 14.5 Å². The molecule has 0 unspecified atom stereocenters. The molecule has 7 nitrogen and oxygen atoms in total. The summed E-state index contributed by atoms with van der Waals surface area (Å²) in [6.45, 7) is 4.12. The molecule has 2 heterocycles. The predicted octanol–water partition coefficient (Wildman–Crippen LogP) is 5.54. The topological polar surface area (TPSA) is 90.0 Å². The zero-order valence-corrected chi connectivity index (χ0v) is 23.1. The lowest BCUT2D eigenvalue weighted by atomic mass is 9.95. The van der Waals surface area contributed by atoms with E-state index >= 15 is 0 Å². The first kappa shape index (κ1) is 25.0. The molecule has 2 aliphatic heterocycles. The fraction of sp³-hybridized carbons (Fsp3) is 0.296. The first-order valence-electron chi connectivity index (χ1n) is 11.8. The van der Waals surface area contributed by atoms with Gasteiger partial charge in [-0.15, -0.1) is 0 Å². The molecule has 0 spiro atoms. The lowest BCUT2D eigenvalue weighted by Crippen LogP contribution is -2.40. The minimum atomic E-state index is -3.83. The van der Waals surface area contributed by atoms with Crippen LogP contribution in [0.25, 0.3) is 0 Å². The van der Waals surface area contributed by atoms with Crippen molar-refractivity contribution < 1.29 is 18.3 Å². The van der Waals surface area contributed by atoms with Crippen LogP contribution in [0.2, 0.25) is 0 Å². The maximum Gasteiger partial charge on any atom is 0.326 e. The Kier molecular flexibility index (Phi) is 6.50. The Hall–Kier alpha value is -2.63. The number of rotatable bonds is 5. The molecule has 3 aromatic carbocycles. The number of sulfonamides is 1. The van der Waals surface area contributed by atoms with Gasteiger partial charge in [-0.1, -0.05) is 52.9 Å². The molecule has 3 aromatic rings. The Morgan fingerprint density at radius 1 is 1.03 bits per heavy atom. The summed E-state index contributed by atoms with van der Waals surface area (Å²) in [5, 5.41) is 13.4. The molecule has 5 rings (SSSR count). The molecule has 2 amide bonds. The number of carbonyl (C=O) groups is 1. The number of halogens is 1. The second kappa shape index (κ2) is 9.35. The molecule has 188 valence electrons. The number of nitrogens with one attached hydrogen (secondary N) is 1. The van der Waals surface area contributed by atoms with Crippen molar-refractivity contribution in [1.82, 2.24) is 0 Å². The minimum Gasteiger partial charge on any atom is -0.386 e. The van der Waals surface area contributed by atoms with E-state index in [0.29, 0.717) is 28.0 Å². The van der Waals surface area contributed by atoms with Crippen molar-refractivity contribution in [3.63, 3.8) is 0 Å². The van der Waals surface area contributed by atoms with E-state index in [-0.39, 0.29) is 17.5 Å². The van der Waals surface area contributed by atoms with Gasteiger partial charge < -0.3 is 10.4 Å². The fourth-order valence-corrected chi connectivity index (χ4v) is 7.00. The highest BCUT2D eigenvalue weighted by molar-refractivity contribution is 14.1. The summed E-state index contributed by atoms with van der Waals surface area (Å²) >= 11 is 2.22. The highest BCUT2D eigenvalue weighted by atomic mass is 127. The average Bonchev–Trinajstić information content (AvgIpc) is 2.86. The van der Waals surface area contributed by atoms with Gasteiger partial charge in [-0.25, -0.2) is 13.2 Å². The highest BCUT2D eigenvalue weighted by Crippen LogP contribution is 2.37. The van der Waals surface area contributed by atoms with Gasteiger partial charge in [-0.05, 0) is 79.3 Å². The molecule has 0 bridgehead atoms. The van der Waals surface area contributed by atoms with Crippen LogP contribution in [0.1, 0.15) is 42.5 Å². The van der Waals surface area contributed by atoms with Crippen molar-refractivity contribution in [1.29, 1.82) is 0 Å². The number of carbonyl (C=O) groups excluding carboxylic acids is 1. The van der Waals surface area contributed by atoms with Crippen molar-refractivity contribution >= 4 is 55.7 Å². The van der Waals surface area contributed by atoms with E-state index in [1.54, 1.807) is 49.1 Å². The van der Waals surface area contributed by atoms with E-state index in [4.69, 9.17) is 0 Å². The molecule has 0 saturated carbocycles. The van der Waals surface area contributed by atoms with Crippen LogP contribution in [-0.2, 0) is 33.0 Å². The van der Waals surface area contributed by atoms with Gasteiger partial charge in [0.15, 0.2) is 0 Å². The number of benzene rings is 3. The molecule has 2 N–H and O–H groups in total. The van der Waals surface area contributed by atoms with Crippen molar-refractivity contribution in [3.05, 3.63) is 82.9 Å². The summed E-state index contributed by atoms with van der Waals surface area (Å²) < 4.78 is 29.7. The molecule has 0 fully saturated rings. The second-order valence-electron chi connectivity index (χ2n) is 9.68. The number of para-hydroxylation sites is 1. The zero-order valence-electron chi connectivity index (χ0n) is 20.2. The van der Waals surface area contributed by atoms with Crippen LogP contribution in [0.4, 0.5) is 21.9 Å². The summed E-state index contributed by atoms with van der Waals surface area (Å²) in [7, 11) is -3.83. The third-order valence-electron chi connectivity index (χ3n) is 6.77. The van der Waals surface area contributed by atoms with Crippen molar-refractivity contribution in [3.8, 4) is 0 Å². The van der Waals surface area contributed by atoms with E-state index < -0.39 is 15.6 Å². The van der Waals surface area contributed by atoms with Crippen molar-refractivity contribution in [2.24, 2.45) is 0 Å². The molecular weight excluding hydrogens is 589 g/mol. The fourth-order valence-electron chi connectivity index (χ4n) is 4.79. The standard InChI is InChI=1S/C27H28IN3O4S/c1-27(2,33)21-10-12-23-20(14-21)17-30(26(32)29-23)25-15-22(11-9-19(25)16-28)36(34,35)31-13-5-7-18-6-3-4-8-24(18)31/h3-4,6,8-12,14-15,33H,5,7,13,16-17H2,1-2H3,(H,29,32). The summed E-state index contributed by atoms with van der Waals surface area (Å²) in [5.41, 5.74) is 4.43. The van der Waals surface area contributed by atoms with E-state index in [1.807, 2.05) is 30.3 Å². The number of anilines is 3. The number of aliphatic hydroxyl groups is 1. The van der Waals surface area contributed by atoms with Gasteiger partial charge in [0.05, 0.1) is 28.4 Å². The Labute approximate surface area is 225 Å². The van der Waals surface area contributed by atoms with Crippen LogP contribution in [0.15, 0.2) is 65.6 Å². The van der Waals surface area contributed by atoms with Crippen LogP contribution in [0.5, 0.6) is 0 Å². The first-order chi connectivity index (χ1) is 17.1. The van der Waals surface area contributed by atoms with Gasteiger partial charge in [0.2, 0.25) is 0 Å². The SMILES string of the molecule is CC(C)(O)c1ccc2c(c1)CN(c1cc(S(=O)(=O)N3CCCc4ccccc43)ccc1CI)C(=O)N2. The Morgan fingerprint density at radius 3 is 2.56 bits per heavy atom. The lowest BCUT2D eigenvalue weighted by Gasteiger charge is -2.33. The largest absolute Gasteiger partial charge is 0.386 e. The average molecular weight is 618 g/mol. The van der Waals surface area contributed by atoms with Gasteiger partial charge >= 0.3 is 6.03 Å². The van der Waals surface area contributed by atoms with E-state index in [9.17, 15) is 18.3 Å². The summed E-state index contributed by atoms with van der Waals surface area (Å²) in [6.07, 6.45) is 1.60. The van der Waals surface area contributed by atoms with E-state index in [0.717, 1.165) is 35.1 Å². The minimum absolute atomic E-state index is 0.159. The molecule has 0 radical (unpaired) electrons. The molecule has 2 aliphatic rings. The number of fused-ring (bicyclic) bond motifs is 2. The van der Waals surface area contributed by atoms with Crippen LogP contribution in [0, 0.1) is 0 Å². The maximum atomic E-state index is 13.8. The molecule has 9 heteroatoms. The number of hydrogen-bond donors (Lipinski definition) is 2. The molecule has 0 aromatic heterocycles. The molecular formula is C27H28IN3O4S. The summed E-state index contributed by atoms with van der Waals surface area (Å²) in [6, 6.07) is 17.8. The Morgan fingerprint density at radius 2 is 1.81 bits per heavy atom. The second-order valence-corrected chi connectivity index (χ2v) is 12.3. The van der Waals surface area contributed by atoms with Gasteiger partial charge in [-0.3, -0.25) is 9.21 Å².